The Morgan fingerprint density at radius 3 is 1.51 bits per heavy atom. The van der Waals surface area contributed by atoms with Gasteiger partial charge in [-0.1, -0.05) is 79.9 Å². The number of rotatable bonds is 17. The van der Waals surface area contributed by atoms with Gasteiger partial charge in [-0.05, 0) is 142 Å². The second kappa shape index (κ2) is 38.5. The van der Waals surface area contributed by atoms with Crippen LogP contribution in [0.1, 0.15) is 81.6 Å². The van der Waals surface area contributed by atoms with Gasteiger partial charge in [-0.3, -0.25) is 4.79 Å². The van der Waals surface area contributed by atoms with E-state index in [1.54, 1.807) is 19.1 Å². The van der Waals surface area contributed by atoms with Crippen molar-refractivity contribution in [3.8, 4) is 52.5 Å². The molecule has 0 fully saturated rings. The van der Waals surface area contributed by atoms with E-state index in [1.165, 1.54) is 6.92 Å². The van der Waals surface area contributed by atoms with Gasteiger partial charge in [0, 0.05) is 61.4 Å². The van der Waals surface area contributed by atoms with Crippen molar-refractivity contribution in [3.05, 3.63) is 217 Å². The summed E-state index contributed by atoms with van der Waals surface area (Å²) in [5.74, 6) is 7.54. The molecule has 9 aromatic rings. The number of aromatic nitrogens is 9. The van der Waals surface area contributed by atoms with E-state index in [-0.39, 0.29) is 12.0 Å². The third kappa shape index (κ3) is 25.0. The molecule has 0 amide bonds. The van der Waals surface area contributed by atoms with Gasteiger partial charge in [0.1, 0.15) is 78.4 Å². The van der Waals surface area contributed by atoms with Crippen molar-refractivity contribution in [2.24, 2.45) is 0 Å². The largest absolute Gasteiger partial charge is 0.494 e. The van der Waals surface area contributed by atoms with Crippen LogP contribution in [0.3, 0.4) is 0 Å². The van der Waals surface area contributed by atoms with Crippen LogP contribution in [0.2, 0.25) is 0 Å². The maximum Gasteiger partial charge on any atom is 0.321 e. The number of hydrogen-bond donors (Lipinski definition) is 3. The third-order valence-electron chi connectivity index (χ3n) is 12.9. The number of nitrogens with one attached hydrogen (secondary N) is 3. The van der Waals surface area contributed by atoms with E-state index in [1.807, 2.05) is 179 Å². The molecule has 0 spiro atoms. The van der Waals surface area contributed by atoms with Gasteiger partial charge in [0.05, 0.1) is 39.6 Å². The first-order valence-corrected chi connectivity index (χ1v) is 31.3. The van der Waals surface area contributed by atoms with Gasteiger partial charge in [0.15, 0.2) is 0 Å². The zero-order chi connectivity index (χ0) is 66.7. The molecule has 2 aliphatic heterocycles. The first-order chi connectivity index (χ1) is 46.5. The molecular formula is C72H80N12O11. The van der Waals surface area contributed by atoms with Crippen molar-refractivity contribution < 1.29 is 52.2 Å². The molecule has 2 aliphatic rings. The smallest absolute Gasteiger partial charge is 0.321 e. The van der Waals surface area contributed by atoms with Crippen LogP contribution >= 0.6 is 0 Å². The van der Waals surface area contributed by atoms with Crippen LogP contribution in [0.15, 0.2) is 183 Å². The Bertz CT molecular complexity index is 3690. The minimum atomic E-state index is -0.211. The summed E-state index contributed by atoms with van der Waals surface area (Å²) in [6, 6.07) is 47.5. The zero-order valence-corrected chi connectivity index (χ0v) is 54.2. The van der Waals surface area contributed by atoms with Crippen LogP contribution in [-0.2, 0) is 28.8 Å². The Hall–Kier alpha value is -11.4. The van der Waals surface area contributed by atoms with Crippen LogP contribution in [0.4, 0.5) is 34.9 Å². The number of ether oxygens (including phenoxy) is 10. The molecule has 12 bridgehead atoms. The average Bonchev–Trinajstić information content (AvgIpc) is 1.36. The topological polar surface area (TPSA) is 261 Å². The van der Waals surface area contributed by atoms with Crippen molar-refractivity contribution in [3.63, 3.8) is 0 Å². The summed E-state index contributed by atoms with van der Waals surface area (Å²) in [4.78, 5) is 49.9. The highest BCUT2D eigenvalue weighted by Crippen LogP contribution is 2.27. The highest BCUT2D eigenvalue weighted by atomic mass is 16.5. The van der Waals surface area contributed by atoms with Gasteiger partial charge in [-0.15, -0.1) is 0 Å². The lowest BCUT2D eigenvalue weighted by Crippen LogP contribution is -2.08. The molecule has 3 N–H and O–H groups in total. The van der Waals surface area contributed by atoms with Gasteiger partial charge in [0.25, 0.3) is 0 Å². The molecule has 5 heterocycles. The number of fused-ring (bicyclic) bond motifs is 12. The zero-order valence-electron chi connectivity index (χ0n) is 54.2. The average molecular weight is 1290 g/mol. The van der Waals surface area contributed by atoms with E-state index >= 15 is 0 Å². The lowest BCUT2D eigenvalue weighted by Gasteiger charge is -2.11. The van der Waals surface area contributed by atoms with Crippen LogP contribution in [0, 0.1) is 0 Å². The van der Waals surface area contributed by atoms with E-state index in [0.717, 1.165) is 81.1 Å². The maximum absolute atomic E-state index is 9.82. The summed E-state index contributed by atoms with van der Waals surface area (Å²) >= 11 is 0. The number of carbonyl (C=O) groups excluding carboxylic acids is 1. The molecule has 23 heteroatoms. The van der Waals surface area contributed by atoms with Gasteiger partial charge in [-0.2, -0.15) is 44.9 Å². The summed E-state index contributed by atoms with van der Waals surface area (Å²) in [7, 11) is 0. The summed E-state index contributed by atoms with van der Waals surface area (Å²) in [5, 5.41) is 9.66. The standard InChI is InChI=1S/C24H26N4O3.C22H24N4O3.C22H22N4O3.C4H8O2/c1-4-13-30-20-11-7-9-18(15-20)16-22-26-23(28-24(27-22)29-6-3)25-19-10-8-12-21(17-19)31-14-5-2;2*1-2-27-22-25-20-14-16-7-5-9-18(13-16)28-11-3-4-12-29-19-10-6-8-17(15-19)23-21(24-20)26-22;1-3-6-4(2)5/h4-5,7-12,15,17H,1-2,6,13-14,16H2,3H3,(H,25,26,27,28);5-10,13,15H,2-4,11-12,14H2,1H3,(H,23,24,25,26);3-10,13,15H,2,11-12,14H2,1H3,(H,23,24,25,26);3H2,1-2H3. The van der Waals surface area contributed by atoms with E-state index in [9.17, 15) is 4.79 Å². The van der Waals surface area contributed by atoms with Crippen molar-refractivity contribution in [2.75, 3.05) is 82.0 Å². The maximum atomic E-state index is 9.82. The fraction of sp³-hybridized carbons (Fsp3) is 0.278. The highest BCUT2D eigenvalue weighted by molar-refractivity contribution is 5.65. The van der Waals surface area contributed by atoms with Crippen LogP contribution in [-0.4, -0.2) is 117 Å². The monoisotopic (exact) mass is 1290 g/mol. The Balaban J connectivity index is 0.000000175. The molecule has 3 aromatic heterocycles. The fourth-order valence-electron chi connectivity index (χ4n) is 8.86. The fourth-order valence-corrected chi connectivity index (χ4v) is 8.86. The van der Waals surface area contributed by atoms with Crippen molar-refractivity contribution >= 4 is 40.9 Å². The van der Waals surface area contributed by atoms with Crippen LogP contribution in [0.25, 0.3) is 0 Å². The van der Waals surface area contributed by atoms with Crippen molar-refractivity contribution in [1.29, 1.82) is 0 Å². The molecule has 0 atom stereocenters. The third-order valence-corrected chi connectivity index (χ3v) is 12.9. The minimum Gasteiger partial charge on any atom is -0.494 e. The van der Waals surface area contributed by atoms with E-state index in [2.05, 4.69) is 78.7 Å². The Labute approximate surface area is 554 Å². The van der Waals surface area contributed by atoms with Gasteiger partial charge in [0.2, 0.25) is 17.8 Å². The van der Waals surface area contributed by atoms with Gasteiger partial charge >= 0.3 is 24.0 Å². The number of benzene rings is 6. The summed E-state index contributed by atoms with van der Waals surface area (Å²) in [6.45, 7) is 21.2. The normalized spacial score (nSPS) is 12.2. The van der Waals surface area contributed by atoms with Crippen LogP contribution in [0.5, 0.6) is 52.5 Å². The molecule has 6 aromatic carbocycles. The first-order valence-electron chi connectivity index (χ1n) is 31.3. The van der Waals surface area contributed by atoms with Gasteiger partial charge < -0.3 is 63.3 Å². The second-order valence-corrected chi connectivity index (χ2v) is 20.4. The molecule has 23 nitrogen and oxygen atoms in total. The molecule has 0 radical (unpaired) electrons. The van der Waals surface area contributed by atoms with E-state index < -0.39 is 0 Å². The van der Waals surface area contributed by atoms with E-state index in [0.29, 0.717) is 133 Å². The Kier molecular flexibility index (Phi) is 28.2. The molecular weight excluding hydrogens is 1210 g/mol. The van der Waals surface area contributed by atoms with Gasteiger partial charge in [-0.25, -0.2) is 0 Å². The minimum absolute atomic E-state index is 0.211. The number of hydrogen-bond acceptors (Lipinski definition) is 23. The predicted octanol–water partition coefficient (Wildman–Crippen LogP) is 13.4. The van der Waals surface area contributed by atoms with Crippen LogP contribution < -0.4 is 58.6 Å². The Morgan fingerprint density at radius 1 is 0.505 bits per heavy atom. The number of esters is 1. The quantitative estimate of drug-likeness (QED) is 0.0565. The molecule has 0 saturated heterocycles. The SMILES string of the molecule is C=CCOc1cccc(Cc2nc(Nc3cccc(OCC=C)c3)nc(OCC)n2)c1.CCOC(C)=O.CCOc1nc2nc(n1)Nc1cccc(c1)OCC=CCOc1cccc(c1)C2.CCOc1nc2nc(n1)Nc1cccc(c1)OCCCCOc1cccc(c1)C2. The molecule has 11 rings (SSSR count). The Morgan fingerprint density at radius 2 is 0.989 bits per heavy atom. The summed E-state index contributed by atoms with van der Waals surface area (Å²) in [5.41, 5.74) is 5.58. The second-order valence-electron chi connectivity index (χ2n) is 20.4. The van der Waals surface area contributed by atoms with Crippen molar-refractivity contribution in [1.82, 2.24) is 44.9 Å². The molecule has 0 unspecified atom stereocenters. The number of carbonyl (C=O) groups is 1. The predicted molar refractivity (Wildman–Crippen MR) is 364 cm³/mol. The highest BCUT2D eigenvalue weighted by Gasteiger charge is 2.15. The molecule has 0 aliphatic carbocycles. The summed E-state index contributed by atoms with van der Waals surface area (Å²) < 4.78 is 55.5. The lowest BCUT2D eigenvalue weighted by atomic mass is 10.1. The molecule has 494 valence electrons. The van der Waals surface area contributed by atoms with E-state index in [4.69, 9.17) is 42.6 Å². The lowest BCUT2D eigenvalue weighted by molar-refractivity contribution is -0.140. The molecule has 95 heavy (non-hydrogen) atoms. The van der Waals surface area contributed by atoms with Crippen molar-refractivity contribution in [2.45, 2.75) is 66.7 Å². The summed E-state index contributed by atoms with van der Waals surface area (Å²) in [6.07, 6.45) is 10.7. The molecule has 0 saturated carbocycles. The number of anilines is 6. The number of nitrogens with zero attached hydrogens (tertiary/aromatic N) is 9. The first kappa shape index (κ1) is 69.5.